The molecule has 1 aromatic carbocycles. The van der Waals surface area contributed by atoms with E-state index in [4.69, 9.17) is 0 Å². The number of alkyl halides is 3. The number of guanidine groups is 1. The van der Waals surface area contributed by atoms with Crippen molar-refractivity contribution in [2.45, 2.75) is 23.9 Å². The highest BCUT2D eigenvalue weighted by molar-refractivity contribution is 14.0. The highest BCUT2D eigenvalue weighted by atomic mass is 127. The summed E-state index contributed by atoms with van der Waals surface area (Å²) in [6, 6.07) is 6.37. The van der Waals surface area contributed by atoms with E-state index in [1.807, 2.05) is 0 Å². The molecule has 0 atom stereocenters. The van der Waals surface area contributed by atoms with E-state index < -0.39 is 11.9 Å². The normalized spacial score (nSPS) is 11.8. The number of hydrogen-bond acceptors (Lipinski definition) is 4. The van der Waals surface area contributed by atoms with Crippen LogP contribution in [-0.4, -0.2) is 36.8 Å². The Bertz CT molecular complexity index is 736. The Morgan fingerprint density at radius 2 is 1.86 bits per heavy atom. The van der Waals surface area contributed by atoms with Gasteiger partial charge in [-0.25, -0.2) is 9.37 Å². The molecule has 0 spiro atoms. The van der Waals surface area contributed by atoms with Gasteiger partial charge in [-0.3, -0.25) is 4.99 Å². The van der Waals surface area contributed by atoms with E-state index in [-0.39, 0.29) is 29.8 Å². The van der Waals surface area contributed by atoms with Gasteiger partial charge in [0.25, 0.3) is 0 Å². The van der Waals surface area contributed by atoms with E-state index >= 15 is 0 Å². The standard InChI is InChI=1S/C17H20F4N4S2.HI/c1-22-16(23-8-2-10-26-13-5-3-12(18)4-6-13)24-9-7-15-25-14(11-27-15)17(19,20)21;/h3-6,11H,2,7-10H2,1H3,(H2,22,23,24);1H. The lowest BCUT2D eigenvalue weighted by Crippen LogP contribution is -2.38. The number of aliphatic imine (C=N–C) groups is 1. The van der Waals surface area contributed by atoms with Gasteiger partial charge in [-0.05, 0) is 36.4 Å². The summed E-state index contributed by atoms with van der Waals surface area (Å²) in [5.41, 5.74) is -0.844. The van der Waals surface area contributed by atoms with Gasteiger partial charge in [0.2, 0.25) is 0 Å². The van der Waals surface area contributed by atoms with Crippen molar-refractivity contribution in [3.05, 3.63) is 46.2 Å². The first-order valence-electron chi connectivity index (χ1n) is 8.23. The maximum absolute atomic E-state index is 12.8. The maximum atomic E-state index is 12.8. The molecule has 1 heterocycles. The minimum Gasteiger partial charge on any atom is -0.356 e. The number of aromatic nitrogens is 1. The highest BCUT2D eigenvalue weighted by Gasteiger charge is 2.33. The Labute approximate surface area is 186 Å². The van der Waals surface area contributed by atoms with Crippen molar-refractivity contribution in [3.63, 3.8) is 0 Å². The average molecular weight is 548 g/mol. The minimum absolute atomic E-state index is 0. The Hall–Kier alpha value is -1.08. The lowest BCUT2D eigenvalue weighted by Gasteiger charge is -2.11. The molecule has 0 aliphatic rings. The molecule has 28 heavy (non-hydrogen) atoms. The number of hydrogen-bond donors (Lipinski definition) is 2. The fourth-order valence-corrected chi connectivity index (χ4v) is 3.72. The Kier molecular flexibility index (Phi) is 11.1. The number of nitrogens with one attached hydrogen (secondary N) is 2. The molecule has 2 aromatic rings. The first-order chi connectivity index (χ1) is 12.9. The summed E-state index contributed by atoms with van der Waals surface area (Å²) in [7, 11) is 1.63. The molecule has 0 bridgehead atoms. The van der Waals surface area contributed by atoms with Crippen molar-refractivity contribution in [3.8, 4) is 0 Å². The van der Waals surface area contributed by atoms with E-state index in [2.05, 4.69) is 20.6 Å². The van der Waals surface area contributed by atoms with Crippen molar-refractivity contribution in [1.29, 1.82) is 0 Å². The van der Waals surface area contributed by atoms with E-state index in [1.54, 1.807) is 30.9 Å². The Morgan fingerprint density at radius 3 is 2.46 bits per heavy atom. The third-order valence-corrected chi connectivity index (χ3v) is 5.40. The van der Waals surface area contributed by atoms with Crippen LogP contribution in [0.4, 0.5) is 17.6 Å². The molecule has 2 N–H and O–H groups in total. The second-order valence-corrected chi connectivity index (χ2v) is 7.57. The third-order valence-electron chi connectivity index (χ3n) is 3.39. The van der Waals surface area contributed by atoms with Crippen molar-refractivity contribution in [2.24, 2.45) is 4.99 Å². The van der Waals surface area contributed by atoms with Gasteiger partial charge >= 0.3 is 6.18 Å². The Balaban J connectivity index is 0.00000392. The number of benzene rings is 1. The van der Waals surface area contributed by atoms with Crippen LogP contribution in [0.3, 0.4) is 0 Å². The number of nitrogens with zero attached hydrogens (tertiary/aromatic N) is 2. The SMILES string of the molecule is CN=C(NCCCSc1ccc(F)cc1)NCCc1nc(C(F)(F)F)cs1.I. The van der Waals surface area contributed by atoms with E-state index in [1.165, 1.54) is 12.1 Å². The molecule has 4 nitrogen and oxygen atoms in total. The van der Waals surface area contributed by atoms with Crippen LogP contribution in [0.2, 0.25) is 0 Å². The van der Waals surface area contributed by atoms with Gasteiger partial charge in [-0.15, -0.1) is 47.1 Å². The van der Waals surface area contributed by atoms with Crippen LogP contribution in [0.1, 0.15) is 17.1 Å². The quantitative estimate of drug-likeness (QED) is 0.124. The summed E-state index contributed by atoms with van der Waals surface area (Å²) < 4.78 is 50.4. The van der Waals surface area contributed by atoms with Gasteiger partial charge in [0.15, 0.2) is 11.7 Å². The molecular weight excluding hydrogens is 527 g/mol. The largest absolute Gasteiger partial charge is 0.434 e. The fraction of sp³-hybridized carbons (Fsp3) is 0.412. The lowest BCUT2D eigenvalue weighted by molar-refractivity contribution is -0.140. The lowest BCUT2D eigenvalue weighted by atomic mass is 10.4. The van der Waals surface area contributed by atoms with Gasteiger partial charge in [0, 0.05) is 36.8 Å². The van der Waals surface area contributed by atoms with E-state index in [9.17, 15) is 17.6 Å². The second kappa shape index (κ2) is 12.5. The highest BCUT2D eigenvalue weighted by Crippen LogP contribution is 2.30. The first-order valence-corrected chi connectivity index (χ1v) is 10.1. The number of thioether (sulfide) groups is 1. The van der Waals surface area contributed by atoms with Gasteiger partial charge in [-0.1, -0.05) is 0 Å². The van der Waals surface area contributed by atoms with Gasteiger partial charge in [-0.2, -0.15) is 13.2 Å². The fourth-order valence-electron chi connectivity index (χ4n) is 2.06. The van der Waals surface area contributed by atoms with Gasteiger partial charge in [0.05, 0.1) is 5.01 Å². The number of rotatable bonds is 8. The van der Waals surface area contributed by atoms with Crippen LogP contribution >= 0.6 is 47.1 Å². The second-order valence-electron chi connectivity index (χ2n) is 5.46. The summed E-state index contributed by atoms with van der Waals surface area (Å²) in [6.45, 7) is 1.14. The van der Waals surface area contributed by atoms with Crippen molar-refractivity contribution in [2.75, 3.05) is 25.9 Å². The van der Waals surface area contributed by atoms with Crippen LogP contribution in [0, 0.1) is 5.82 Å². The molecule has 0 saturated carbocycles. The Morgan fingerprint density at radius 1 is 1.18 bits per heavy atom. The molecule has 0 aliphatic heterocycles. The monoisotopic (exact) mass is 548 g/mol. The average Bonchev–Trinajstić information content (AvgIpc) is 3.11. The predicted molar refractivity (Wildman–Crippen MR) is 117 cm³/mol. The predicted octanol–water partition coefficient (Wildman–Crippen LogP) is 4.81. The third kappa shape index (κ3) is 8.95. The zero-order valence-corrected chi connectivity index (χ0v) is 19.0. The molecule has 0 aliphatic carbocycles. The van der Waals surface area contributed by atoms with E-state index in [0.29, 0.717) is 30.5 Å². The van der Waals surface area contributed by atoms with Crippen LogP contribution in [0.15, 0.2) is 39.5 Å². The molecule has 0 fully saturated rings. The maximum Gasteiger partial charge on any atom is 0.434 e. The van der Waals surface area contributed by atoms with Gasteiger partial charge in [0.1, 0.15) is 5.82 Å². The van der Waals surface area contributed by atoms with Crippen LogP contribution in [-0.2, 0) is 12.6 Å². The van der Waals surface area contributed by atoms with Crippen LogP contribution in [0.5, 0.6) is 0 Å². The molecule has 0 unspecified atom stereocenters. The van der Waals surface area contributed by atoms with E-state index in [0.717, 1.165) is 33.8 Å². The van der Waals surface area contributed by atoms with Crippen LogP contribution < -0.4 is 10.6 Å². The number of halogens is 5. The summed E-state index contributed by atoms with van der Waals surface area (Å²) >= 11 is 2.64. The molecular formula is C17H21F4IN4S2. The molecule has 0 saturated heterocycles. The molecule has 11 heteroatoms. The minimum atomic E-state index is -4.40. The topological polar surface area (TPSA) is 49.3 Å². The smallest absolute Gasteiger partial charge is 0.356 e. The molecule has 2 rings (SSSR count). The van der Waals surface area contributed by atoms with Crippen molar-refractivity contribution in [1.82, 2.24) is 15.6 Å². The number of thiazole rings is 1. The van der Waals surface area contributed by atoms with Crippen molar-refractivity contribution >= 4 is 53.0 Å². The summed E-state index contributed by atoms with van der Waals surface area (Å²) in [6.07, 6.45) is -3.13. The zero-order chi connectivity index (χ0) is 19.7. The summed E-state index contributed by atoms with van der Waals surface area (Å²) in [5.74, 6) is 1.22. The van der Waals surface area contributed by atoms with Crippen LogP contribution in [0.25, 0.3) is 0 Å². The zero-order valence-electron chi connectivity index (χ0n) is 15.1. The van der Waals surface area contributed by atoms with Crippen molar-refractivity contribution < 1.29 is 17.6 Å². The molecule has 1 aromatic heterocycles. The molecule has 156 valence electrons. The first kappa shape index (κ1) is 25.0. The summed E-state index contributed by atoms with van der Waals surface area (Å²) in [5, 5.41) is 7.67. The molecule has 0 amide bonds. The van der Waals surface area contributed by atoms with Gasteiger partial charge < -0.3 is 10.6 Å². The molecule has 0 radical (unpaired) electrons. The summed E-state index contributed by atoms with van der Waals surface area (Å²) in [4.78, 5) is 8.68.